The third kappa shape index (κ3) is 3.73. The van der Waals surface area contributed by atoms with Crippen LogP contribution in [0.3, 0.4) is 0 Å². The monoisotopic (exact) mass is 380 g/mol. The highest BCUT2D eigenvalue weighted by molar-refractivity contribution is 9.10. The molecule has 2 aromatic rings. The molecule has 1 N–H and O–H groups in total. The lowest BCUT2D eigenvalue weighted by Gasteiger charge is -2.25. The summed E-state index contributed by atoms with van der Waals surface area (Å²) in [4.78, 5) is 0. The van der Waals surface area contributed by atoms with Crippen LogP contribution in [0.5, 0.6) is 0 Å². The van der Waals surface area contributed by atoms with E-state index in [0.717, 1.165) is 21.2 Å². The molecular formula is C19H22BrClO. The average molecular weight is 382 g/mol. The van der Waals surface area contributed by atoms with E-state index in [-0.39, 0.29) is 5.41 Å². The average Bonchev–Trinajstić information content (AvgIpc) is 2.37. The van der Waals surface area contributed by atoms with Crippen molar-refractivity contribution in [2.45, 2.75) is 45.6 Å². The second-order valence-corrected chi connectivity index (χ2v) is 8.48. The Labute approximate surface area is 146 Å². The molecule has 0 atom stereocenters. The third-order valence-corrected chi connectivity index (χ3v) is 4.69. The largest absolute Gasteiger partial charge is 0.386 e. The first-order chi connectivity index (χ1) is 10.00. The third-order valence-electron chi connectivity index (χ3n) is 3.76. The van der Waals surface area contributed by atoms with E-state index in [1.807, 2.05) is 18.2 Å². The molecular weight excluding hydrogens is 360 g/mol. The molecule has 2 rings (SSSR count). The molecule has 0 saturated carbocycles. The predicted octanol–water partition coefficient (Wildman–Crippen LogP) is 6.29. The normalized spacial score (nSPS) is 12.5. The molecule has 0 spiro atoms. The fourth-order valence-corrected chi connectivity index (χ4v) is 3.09. The molecule has 0 radical (unpaired) electrons. The Balaban J connectivity index is 2.72. The van der Waals surface area contributed by atoms with E-state index in [2.05, 4.69) is 54.9 Å². The second kappa shape index (κ2) is 5.99. The van der Waals surface area contributed by atoms with E-state index in [4.69, 9.17) is 11.6 Å². The van der Waals surface area contributed by atoms with Crippen LogP contribution in [0.4, 0.5) is 0 Å². The molecule has 1 nitrogen and oxygen atoms in total. The van der Waals surface area contributed by atoms with Crippen LogP contribution in [-0.4, -0.2) is 5.11 Å². The SMILES string of the molecule is CC(C)(C)c1ccc(Br)c(-c2ccc(Cl)cc2C(C)(C)O)c1. The molecule has 0 heterocycles. The summed E-state index contributed by atoms with van der Waals surface area (Å²) in [5, 5.41) is 11.1. The summed E-state index contributed by atoms with van der Waals surface area (Å²) in [6.07, 6.45) is 0. The van der Waals surface area contributed by atoms with Gasteiger partial charge in [0.1, 0.15) is 0 Å². The minimum atomic E-state index is -0.961. The van der Waals surface area contributed by atoms with Crippen LogP contribution in [0.2, 0.25) is 5.02 Å². The molecule has 0 saturated heterocycles. The van der Waals surface area contributed by atoms with Crippen molar-refractivity contribution in [2.24, 2.45) is 0 Å². The highest BCUT2D eigenvalue weighted by Crippen LogP contribution is 2.39. The number of hydrogen-bond acceptors (Lipinski definition) is 1. The van der Waals surface area contributed by atoms with E-state index in [1.54, 1.807) is 13.8 Å². The quantitative estimate of drug-likeness (QED) is 0.647. The molecule has 0 fully saturated rings. The van der Waals surface area contributed by atoms with Gasteiger partial charge >= 0.3 is 0 Å². The highest BCUT2D eigenvalue weighted by Gasteiger charge is 2.23. The van der Waals surface area contributed by atoms with Gasteiger partial charge in [-0.25, -0.2) is 0 Å². The molecule has 0 bridgehead atoms. The first-order valence-corrected chi connectivity index (χ1v) is 8.50. The number of rotatable bonds is 2. The Kier molecular flexibility index (Phi) is 4.77. The van der Waals surface area contributed by atoms with Crippen LogP contribution in [0.1, 0.15) is 45.7 Å². The fourth-order valence-electron chi connectivity index (χ4n) is 2.46. The summed E-state index contributed by atoms with van der Waals surface area (Å²) in [7, 11) is 0. The van der Waals surface area contributed by atoms with Gasteiger partial charge in [-0.1, -0.05) is 60.4 Å². The van der Waals surface area contributed by atoms with E-state index in [0.29, 0.717) is 5.02 Å². The number of halogens is 2. The summed E-state index contributed by atoms with van der Waals surface area (Å²) >= 11 is 9.77. The van der Waals surface area contributed by atoms with E-state index in [1.165, 1.54) is 5.56 Å². The second-order valence-electron chi connectivity index (χ2n) is 7.19. The van der Waals surface area contributed by atoms with Crippen molar-refractivity contribution in [3.05, 3.63) is 57.0 Å². The minimum absolute atomic E-state index is 0.0662. The van der Waals surface area contributed by atoms with E-state index in [9.17, 15) is 5.11 Å². The molecule has 2 aromatic carbocycles. The van der Waals surface area contributed by atoms with Gasteiger partial charge in [-0.15, -0.1) is 0 Å². The van der Waals surface area contributed by atoms with Crippen molar-refractivity contribution in [2.75, 3.05) is 0 Å². The molecule has 0 unspecified atom stereocenters. The van der Waals surface area contributed by atoms with Crippen molar-refractivity contribution in [3.63, 3.8) is 0 Å². The van der Waals surface area contributed by atoms with Gasteiger partial charge in [-0.3, -0.25) is 0 Å². The lowest BCUT2D eigenvalue weighted by molar-refractivity contribution is 0.0792. The standard InChI is InChI=1S/C19H22BrClO/c1-18(2,3)12-6-9-17(20)15(10-12)14-8-7-13(21)11-16(14)19(4,5)22/h6-11,22H,1-5H3. The summed E-state index contributed by atoms with van der Waals surface area (Å²) < 4.78 is 1.01. The Morgan fingerprint density at radius 2 is 1.55 bits per heavy atom. The predicted molar refractivity (Wildman–Crippen MR) is 98.5 cm³/mol. The lowest BCUT2D eigenvalue weighted by atomic mass is 9.83. The van der Waals surface area contributed by atoms with Crippen molar-refractivity contribution in [1.82, 2.24) is 0 Å². The zero-order chi connectivity index (χ0) is 16.7. The van der Waals surface area contributed by atoms with Crippen molar-refractivity contribution in [1.29, 1.82) is 0 Å². The van der Waals surface area contributed by atoms with E-state index < -0.39 is 5.60 Å². The fraction of sp³-hybridized carbons (Fsp3) is 0.368. The topological polar surface area (TPSA) is 20.2 Å². The Hall–Kier alpha value is -0.830. The molecule has 0 aliphatic rings. The Bertz CT molecular complexity index is 694. The maximum Gasteiger partial charge on any atom is 0.0847 e. The van der Waals surface area contributed by atoms with E-state index >= 15 is 0 Å². The summed E-state index contributed by atoms with van der Waals surface area (Å²) in [6, 6.07) is 12.1. The number of aliphatic hydroxyl groups is 1. The van der Waals surface area contributed by atoms with Gasteiger partial charge < -0.3 is 5.11 Å². The smallest absolute Gasteiger partial charge is 0.0847 e. The molecule has 0 aliphatic heterocycles. The maximum atomic E-state index is 10.5. The zero-order valence-corrected chi connectivity index (χ0v) is 16.0. The summed E-state index contributed by atoms with van der Waals surface area (Å²) in [5.41, 5.74) is 3.25. The van der Waals surface area contributed by atoms with Crippen molar-refractivity contribution in [3.8, 4) is 11.1 Å². The van der Waals surface area contributed by atoms with Crippen molar-refractivity contribution < 1.29 is 5.11 Å². The van der Waals surface area contributed by atoms with Crippen LogP contribution in [-0.2, 0) is 11.0 Å². The maximum absolute atomic E-state index is 10.5. The van der Waals surface area contributed by atoms with Gasteiger partial charge in [0.25, 0.3) is 0 Å². The number of benzene rings is 2. The van der Waals surface area contributed by atoms with Crippen LogP contribution < -0.4 is 0 Å². The molecule has 0 amide bonds. The molecule has 22 heavy (non-hydrogen) atoms. The van der Waals surface area contributed by atoms with Gasteiger partial charge in [-0.05, 0) is 65.8 Å². The van der Waals surface area contributed by atoms with Gasteiger partial charge in [0.15, 0.2) is 0 Å². The number of hydrogen-bond donors (Lipinski definition) is 1. The molecule has 118 valence electrons. The minimum Gasteiger partial charge on any atom is -0.386 e. The zero-order valence-electron chi connectivity index (χ0n) is 13.7. The summed E-state index contributed by atoms with van der Waals surface area (Å²) in [6.45, 7) is 10.1. The first-order valence-electron chi connectivity index (χ1n) is 7.33. The van der Waals surface area contributed by atoms with Gasteiger partial charge in [-0.2, -0.15) is 0 Å². The van der Waals surface area contributed by atoms with Gasteiger partial charge in [0, 0.05) is 9.50 Å². The highest BCUT2D eigenvalue weighted by atomic mass is 79.9. The van der Waals surface area contributed by atoms with Crippen LogP contribution in [0.15, 0.2) is 40.9 Å². The van der Waals surface area contributed by atoms with Crippen LogP contribution >= 0.6 is 27.5 Å². The molecule has 0 aliphatic carbocycles. The molecule has 3 heteroatoms. The Morgan fingerprint density at radius 3 is 2.09 bits per heavy atom. The lowest BCUT2D eigenvalue weighted by Crippen LogP contribution is -2.17. The van der Waals surface area contributed by atoms with Crippen LogP contribution in [0, 0.1) is 0 Å². The van der Waals surface area contributed by atoms with Crippen LogP contribution in [0.25, 0.3) is 11.1 Å². The van der Waals surface area contributed by atoms with Crippen molar-refractivity contribution >= 4 is 27.5 Å². The van der Waals surface area contributed by atoms with Gasteiger partial charge in [0.2, 0.25) is 0 Å². The first kappa shape index (κ1) is 17.5. The Morgan fingerprint density at radius 1 is 0.909 bits per heavy atom. The van der Waals surface area contributed by atoms with Gasteiger partial charge in [0.05, 0.1) is 5.60 Å². The summed E-state index contributed by atoms with van der Waals surface area (Å²) in [5.74, 6) is 0. The molecule has 0 aromatic heterocycles.